The van der Waals surface area contributed by atoms with E-state index in [1.54, 1.807) is 0 Å². The van der Waals surface area contributed by atoms with E-state index in [0.717, 1.165) is 64.2 Å². The maximum atomic E-state index is 13.0. The normalized spacial score (nSPS) is 14.2. The summed E-state index contributed by atoms with van der Waals surface area (Å²) in [6.07, 6.45) is 63.2. The summed E-state index contributed by atoms with van der Waals surface area (Å²) in [4.78, 5) is 25.5. The lowest BCUT2D eigenvalue weighted by Gasteiger charge is -2.30. The van der Waals surface area contributed by atoms with Crippen LogP contribution in [-0.2, 0) is 18.4 Å². The number of rotatable bonds is 53. The molecule has 0 fully saturated rings. The summed E-state index contributed by atoms with van der Waals surface area (Å²) < 4.78 is 23.4. The van der Waals surface area contributed by atoms with Crippen LogP contribution in [0.15, 0.2) is 36.5 Å². The van der Waals surface area contributed by atoms with Gasteiger partial charge in [0.05, 0.1) is 39.9 Å². The Morgan fingerprint density at radius 2 is 0.866 bits per heavy atom. The maximum absolute atomic E-state index is 13.0. The second-order valence-corrected chi connectivity index (χ2v) is 22.4. The summed E-state index contributed by atoms with van der Waals surface area (Å²) in [5.41, 5.74) is 0. The van der Waals surface area contributed by atoms with Crippen LogP contribution in [0, 0.1) is 0 Å². The van der Waals surface area contributed by atoms with Crippen LogP contribution < -0.4 is 10.2 Å². The predicted octanol–water partition coefficient (Wildman–Crippen LogP) is 16.7. The molecule has 3 atom stereocenters. The van der Waals surface area contributed by atoms with Crippen molar-refractivity contribution in [3.8, 4) is 0 Å². The lowest BCUT2D eigenvalue weighted by Crippen LogP contribution is -2.46. The van der Waals surface area contributed by atoms with E-state index >= 15 is 0 Å². The van der Waals surface area contributed by atoms with Crippen molar-refractivity contribution in [3.63, 3.8) is 0 Å². The summed E-state index contributed by atoms with van der Waals surface area (Å²) in [6.45, 7) is 4.71. The van der Waals surface area contributed by atoms with Crippen LogP contribution in [0.3, 0.4) is 0 Å². The number of hydrogen-bond donors (Lipinski definition) is 2. The highest BCUT2D eigenvalue weighted by atomic mass is 31.2. The first-order valence-electron chi connectivity index (χ1n) is 28.8. The van der Waals surface area contributed by atoms with Crippen LogP contribution in [0.1, 0.15) is 277 Å². The molecule has 0 saturated carbocycles. The van der Waals surface area contributed by atoms with E-state index in [4.69, 9.17) is 9.05 Å². The highest BCUT2D eigenvalue weighted by Gasteiger charge is 2.24. The highest BCUT2D eigenvalue weighted by Crippen LogP contribution is 2.38. The molecular formula is C58H113N2O6P. The van der Waals surface area contributed by atoms with Crippen molar-refractivity contribution in [3.05, 3.63) is 36.5 Å². The first-order chi connectivity index (χ1) is 32.5. The molecule has 1 amide bonds. The molecule has 8 nitrogen and oxygen atoms in total. The molecule has 9 heteroatoms. The SMILES string of the molecule is CCCCC/C=C\C/C=C\C/C=C\CCCCCCCCC(=O)NC(COP(=O)([O-])OCC[N+](C)(C)C)C(O)CCCCCCCCCCCCCCCCCCCCCCCCCCCC. The molecule has 0 saturated heterocycles. The monoisotopic (exact) mass is 965 g/mol. The molecule has 0 aromatic heterocycles. The fourth-order valence-corrected chi connectivity index (χ4v) is 9.30. The van der Waals surface area contributed by atoms with Crippen molar-refractivity contribution in [2.75, 3.05) is 40.9 Å². The zero-order valence-corrected chi connectivity index (χ0v) is 46.0. The Kier molecular flexibility index (Phi) is 48.7. The number of hydrogen-bond acceptors (Lipinski definition) is 6. The van der Waals surface area contributed by atoms with Gasteiger partial charge in [0.1, 0.15) is 13.2 Å². The van der Waals surface area contributed by atoms with E-state index in [0.29, 0.717) is 23.9 Å². The minimum absolute atomic E-state index is 0.00924. The standard InChI is InChI=1S/C58H113N2O6P/c1-6-8-10-12-14-16-18-20-22-24-26-27-28-29-30-31-32-34-35-37-39-41-43-45-47-49-51-57(61)56(55-66-67(63,64)65-54-53-60(3,4)5)59-58(62)52-50-48-46-44-42-40-38-36-33-25-23-21-19-17-15-13-11-9-7-2/h15,17,21,23,33,36,56-57,61H,6-14,16,18-20,22,24-32,34-35,37-55H2,1-5H3,(H-,59,62,63,64)/b17-15-,23-21-,36-33-. The molecule has 0 heterocycles. The second kappa shape index (κ2) is 49.7. The fraction of sp³-hybridized carbons (Fsp3) is 0.879. The largest absolute Gasteiger partial charge is 0.756 e. The number of allylic oxidation sites excluding steroid dienone is 6. The van der Waals surface area contributed by atoms with Crippen molar-refractivity contribution in [1.29, 1.82) is 0 Å². The second-order valence-electron chi connectivity index (χ2n) is 21.0. The van der Waals surface area contributed by atoms with Gasteiger partial charge in [0.25, 0.3) is 7.82 Å². The Morgan fingerprint density at radius 3 is 1.28 bits per heavy atom. The summed E-state index contributed by atoms with van der Waals surface area (Å²) in [5, 5.41) is 14.0. The third kappa shape index (κ3) is 52.4. The van der Waals surface area contributed by atoms with Crippen molar-refractivity contribution in [1.82, 2.24) is 5.32 Å². The van der Waals surface area contributed by atoms with E-state index in [2.05, 4.69) is 55.6 Å². The number of amides is 1. The smallest absolute Gasteiger partial charge is 0.268 e. The van der Waals surface area contributed by atoms with Gasteiger partial charge in [-0.25, -0.2) is 0 Å². The molecule has 3 unspecified atom stereocenters. The van der Waals surface area contributed by atoms with Crippen LogP contribution in [0.25, 0.3) is 0 Å². The number of unbranched alkanes of at least 4 members (excludes halogenated alkanes) is 34. The van der Waals surface area contributed by atoms with E-state index < -0.39 is 20.0 Å². The first kappa shape index (κ1) is 65.7. The third-order valence-electron chi connectivity index (χ3n) is 13.1. The molecule has 0 aromatic rings. The zero-order valence-electron chi connectivity index (χ0n) is 45.1. The number of aliphatic hydroxyl groups excluding tert-OH is 1. The van der Waals surface area contributed by atoms with Gasteiger partial charge in [-0.1, -0.05) is 256 Å². The third-order valence-corrected chi connectivity index (χ3v) is 14.1. The Bertz CT molecular complexity index is 1190. The quantitative estimate of drug-likeness (QED) is 0.0272. The highest BCUT2D eigenvalue weighted by molar-refractivity contribution is 7.45. The molecule has 2 N–H and O–H groups in total. The lowest BCUT2D eigenvalue weighted by molar-refractivity contribution is -0.870. The predicted molar refractivity (Wildman–Crippen MR) is 288 cm³/mol. The molecule has 0 aromatic carbocycles. The number of nitrogens with zero attached hydrogens (tertiary/aromatic N) is 1. The van der Waals surface area contributed by atoms with Crippen LogP contribution in [0.2, 0.25) is 0 Å². The summed E-state index contributed by atoms with van der Waals surface area (Å²) >= 11 is 0. The number of quaternary nitrogens is 1. The number of aliphatic hydroxyl groups is 1. The minimum atomic E-state index is -4.58. The van der Waals surface area contributed by atoms with Gasteiger partial charge in [0.2, 0.25) is 5.91 Å². The van der Waals surface area contributed by atoms with Crippen LogP contribution >= 0.6 is 7.82 Å². The van der Waals surface area contributed by atoms with Crippen molar-refractivity contribution in [2.24, 2.45) is 0 Å². The fourth-order valence-electron chi connectivity index (χ4n) is 8.58. The van der Waals surface area contributed by atoms with Gasteiger partial charge in [0, 0.05) is 6.42 Å². The van der Waals surface area contributed by atoms with Crippen LogP contribution in [0.5, 0.6) is 0 Å². The average Bonchev–Trinajstić information content (AvgIpc) is 3.29. The molecule has 0 bridgehead atoms. The summed E-state index contributed by atoms with van der Waals surface area (Å²) in [6, 6.07) is -0.809. The molecule has 0 aliphatic carbocycles. The van der Waals surface area contributed by atoms with Gasteiger partial charge in [-0.05, 0) is 51.4 Å². The number of likely N-dealkylation sites (N-methyl/N-ethyl adjacent to an activating group) is 1. The molecular weight excluding hydrogens is 852 g/mol. The van der Waals surface area contributed by atoms with Gasteiger partial charge in [0.15, 0.2) is 0 Å². The van der Waals surface area contributed by atoms with Gasteiger partial charge >= 0.3 is 0 Å². The molecule has 67 heavy (non-hydrogen) atoms. The Labute approximate surface area is 417 Å². The molecule has 0 rings (SSSR count). The van der Waals surface area contributed by atoms with Gasteiger partial charge in [-0.2, -0.15) is 0 Å². The van der Waals surface area contributed by atoms with E-state index in [1.165, 1.54) is 186 Å². The number of phosphoric ester groups is 1. The Hall–Kier alpha value is -1.28. The summed E-state index contributed by atoms with van der Waals surface area (Å²) in [5.74, 6) is -0.175. The van der Waals surface area contributed by atoms with Gasteiger partial charge < -0.3 is 28.8 Å². The van der Waals surface area contributed by atoms with Crippen molar-refractivity contribution >= 4 is 13.7 Å². The number of carbonyl (C=O) groups is 1. The number of nitrogens with one attached hydrogen (secondary N) is 1. The van der Waals surface area contributed by atoms with Crippen LogP contribution in [-0.4, -0.2) is 68.5 Å². The van der Waals surface area contributed by atoms with Gasteiger partial charge in [-0.3, -0.25) is 9.36 Å². The average molecular weight is 966 g/mol. The molecule has 0 aliphatic rings. The zero-order chi connectivity index (χ0) is 49.2. The van der Waals surface area contributed by atoms with Gasteiger partial charge in [-0.15, -0.1) is 0 Å². The number of phosphoric acid groups is 1. The minimum Gasteiger partial charge on any atom is -0.756 e. The first-order valence-corrected chi connectivity index (χ1v) is 30.3. The van der Waals surface area contributed by atoms with E-state index in [-0.39, 0.29) is 19.1 Å². The molecule has 396 valence electrons. The van der Waals surface area contributed by atoms with E-state index in [9.17, 15) is 19.4 Å². The van der Waals surface area contributed by atoms with Crippen molar-refractivity contribution in [2.45, 2.75) is 289 Å². The Balaban J connectivity index is 4.16. The lowest BCUT2D eigenvalue weighted by atomic mass is 10.0. The molecule has 0 aliphatic heterocycles. The summed E-state index contributed by atoms with van der Waals surface area (Å²) in [7, 11) is 1.30. The van der Waals surface area contributed by atoms with Crippen molar-refractivity contribution < 1.29 is 32.9 Å². The van der Waals surface area contributed by atoms with Crippen LogP contribution in [0.4, 0.5) is 0 Å². The number of carbonyl (C=O) groups excluding carboxylic acids is 1. The molecule has 0 spiro atoms. The van der Waals surface area contributed by atoms with E-state index in [1.807, 2.05) is 21.1 Å². The molecule has 0 radical (unpaired) electrons. The Morgan fingerprint density at radius 1 is 0.522 bits per heavy atom. The maximum Gasteiger partial charge on any atom is 0.268 e. The topological polar surface area (TPSA) is 108 Å².